The molecule has 2 unspecified atom stereocenters. The lowest BCUT2D eigenvalue weighted by Gasteiger charge is -2.47. The molecule has 2 saturated heterocycles. The van der Waals surface area contributed by atoms with Gasteiger partial charge in [0.15, 0.2) is 0 Å². The van der Waals surface area contributed by atoms with E-state index < -0.39 is 0 Å². The molecule has 4 heteroatoms. The molecular weight excluding hydrogens is 446 g/mol. The van der Waals surface area contributed by atoms with Crippen LogP contribution in [0.15, 0.2) is 30.3 Å². The second kappa shape index (κ2) is 16.8. The van der Waals surface area contributed by atoms with Gasteiger partial charge in [0.2, 0.25) is 0 Å². The van der Waals surface area contributed by atoms with Crippen molar-refractivity contribution in [2.45, 2.75) is 148 Å². The number of hydrogen-bond acceptors (Lipinski definition) is 3. The van der Waals surface area contributed by atoms with Crippen molar-refractivity contribution in [2.75, 3.05) is 0 Å². The molecule has 0 radical (unpaired) electrons. The van der Waals surface area contributed by atoms with Gasteiger partial charge in [-0.15, -0.1) is 0 Å². The fourth-order valence-electron chi connectivity index (χ4n) is 6.26. The van der Waals surface area contributed by atoms with Crippen LogP contribution < -0.4 is 0 Å². The van der Waals surface area contributed by atoms with Gasteiger partial charge in [0, 0.05) is 24.4 Å². The summed E-state index contributed by atoms with van der Waals surface area (Å²) in [5, 5.41) is 0. The first kappa shape index (κ1) is 28.7. The molecule has 2 fully saturated rings. The number of ketones is 1. The van der Waals surface area contributed by atoms with E-state index >= 15 is 0 Å². The molecule has 1 amide bonds. The van der Waals surface area contributed by atoms with Crippen LogP contribution in [0.25, 0.3) is 0 Å². The zero-order chi connectivity index (χ0) is 25.4. The highest BCUT2D eigenvalue weighted by atomic mass is 16.6. The zero-order valence-electron chi connectivity index (χ0n) is 22.9. The van der Waals surface area contributed by atoms with Gasteiger partial charge in [0.1, 0.15) is 12.4 Å². The number of Topliss-reactive ketones (excluding diaryl/α,β-unsaturated/α-hetero) is 1. The van der Waals surface area contributed by atoms with Crippen LogP contribution in [0, 0.1) is 5.92 Å². The van der Waals surface area contributed by atoms with Gasteiger partial charge in [-0.05, 0) is 44.1 Å². The van der Waals surface area contributed by atoms with Crippen molar-refractivity contribution in [3.8, 4) is 0 Å². The summed E-state index contributed by atoms with van der Waals surface area (Å²) in [7, 11) is 0. The van der Waals surface area contributed by atoms with Gasteiger partial charge in [0.05, 0.1) is 0 Å². The van der Waals surface area contributed by atoms with Gasteiger partial charge >= 0.3 is 6.09 Å². The molecule has 1 aromatic rings. The topological polar surface area (TPSA) is 46.6 Å². The van der Waals surface area contributed by atoms with Crippen molar-refractivity contribution in [3.05, 3.63) is 35.9 Å². The van der Waals surface area contributed by atoms with Gasteiger partial charge in [-0.3, -0.25) is 4.79 Å². The number of unbranched alkanes of at least 4 members (excludes halogenated alkanes) is 12. The van der Waals surface area contributed by atoms with Gasteiger partial charge in [0.25, 0.3) is 0 Å². The van der Waals surface area contributed by atoms with Crippen LogP contribution in [0.2, 0.25) is 0 Å². The van der Waals surface area contributed by atoms with E-state index in [1.165, 1.54) is 77.0 Å². The normalized spacial score (nSPS) is 21.4. The van der Waals surface area contributed by atoms with Crippen molar-refractivity contribution < 1.29 is 14.3 Å². The summed E-state index contributed by atoms with van der Waals surface area (Å²) in [6.07, 6.45) is 22.6. The minimum absolute atomic E-state index is 0.135. The van der Waals surface area contributed by atoms with E-state index in [0.29, 0.717) is 12.4 Å². The molecule has 2 aliphatic rings. The molecule has 36 heavy (non-hydrogen) atoms. The Hall–Kier alpha value is -1.84. The Balaban J connectivity index is 1.26. The van der Waals surface area contributed by atoms with Gasteiger partial charge in [-0.1, -0.05) is 114 Å². The highest BCUT2D eigenvalue weighted by molar-refractivity contribution is 5.81. The molecule has 0 saturated carbocycles. The lowest BCUT2D eigenvalue weighted by Crippen LogP contribution is -2.55. The monoisotopic (exact) mass is 497 g/mol. The third kappa shape index (κ3) is 9.90. The number of piperidine rings is 2. The van der Waals surface area contributed by atoms with Crippen LogP contribution in [-0.4, -0.2) is 28.9 Å². The van der Waals surface area contributed by atoms with E-state index in [2.05, 4.69) is 6.92 Å². The first-order valence-corrected chi connectivity index (χ1v) is 15.2. The Morgan fingerprint density at radius 3 is 1.86 bits per heavy atom. The Kier molecular flexibility index (Phi) is 13.4. The Labute approximate surface area is 220 Å². The standard InChI is InChI=1S/C32H51NO3/c1-2-3-4-5-6-7-8-9-10-11-12-13-17-23-31(34)28-24-29-21-18-22-30(25-28)33(29)32(35)36-26-27-19-15-14-16-20-27/h14-16,19-20,28-30H,2-13,17-18,21-26H2,1H3. The molecule has 1 aromatic carbocycles. The predicted octanol–water partition coefficient (Wildman–Crippen LogP) is 9.01. The molecular formula is C32H51NO3. The van der Waals surface area contributed by atoms with Crippen molar-refractivity contribution >= 4 is 11.9 Å². The summed E-state index contributed by atoms with van der Waals surface area (Å²) in [4.78, 5) is 27.8. The lowest BCUT2D eigenvalue weighted by atomic mass is 9.76. The quantitative estimate of drug-likeness (QED) is 0.202. The molecule has 3 rings (SSSR count). The van der Waals surface area contributed by atoms with Crippen molar-refractivity contribution in [1.82, 2.24) is 4.90 Å². The number of carbonyl (C=O) groups is 2. The van der Waals surface area contributed by atoms with Gasteiger partial charge in [-0.2, -0.15) is 0 Å². The number of carbonyl (C=O) groups excluding carboxylic acids is 2. The van der Waals surface area contributed by atoms with E-state index in [1.54, 1.807) is 0 Å². The first-order valence-electron chi connectivity index (χ1n) is 15.2. The molecule has 2 heterocycles. The number of hydrogen-bond donors (Lipinski definition) is 0. The summed E-state index contributed by atoms with van der Waals surface area (Å²) >= 11 is 0. The minimum atomic E-state index is -0.198. The van der Waals surface area contributed by atoms with Crippen LogP contribution in [0.5, 0.6) is 0 Å². The van der Waals surface area contributed by atoms with E-state index in [0.717, 1.165) is 50.5 Å². The number of ether oxygens (including phenoxy) is 1. The summed E-state index contributed by atoms with van der Waals surface area (Å²) in [5.41, 5.74) is 1.01. The largest absolute Gasteiger partial charge is 0.445 e. The molecule has 0 aliphatic carbocycles. The van der Waals surface area contributed by atoms with Crippen LogP contribution in [0.4, 0.5) is 4.79 Å². The van der Waals surface area contributed by atoms with E-state index in [4.69, 9.17) is 4.74 Å². The van der Waals surface area contributed by atoms with Crippen LogP contribution in [-0.2, 0) is 16.1 Å². The van der Waals surface area contributed by atoms with Crippen molar-refractivity contribution in [1.29, 1.82) is 0 Å². The highest BCUT2D eigenvalue weighted by Crippen LogP contribution is 2.38. The maximum absolute atomic E-state index is 13.0. The fraction of sp³-hybridized carbons (Fsp3) is 0.750. The molecule has 0 aromatic heterocycles. The molecule has 2 aliphatic heterocycles. The third-order valence-electron chi connectivity index (χ3n) is 8.37. The molecule has 0 N–H and O–H groups in total. The van der Waals surface area contributed by atoms with Gasteiger partial charge < -0.3 is 9.64 Å². The van der Waals surface area contributed by atoms with Crippen molar-refractivity contribution in [2.24, 2.45) is 5.92 Å². The van der Waals surface area contributed by atoms with E-state index in [9.17, 15) is 9.59 Å². The summed E-state index contributed by atoms with van der Waals surface area (Å²) in [5.74, 6) is 0.572. The second-order valence-corrected chi connectivity index (χ2v) is 11.3. The molecule has 0 spiro atoms. The van der Waals surface area contributed by atoms with Gasteiger partial charge in [-0.25, -0.2) is 4.79 Å². The van der Waals surface area contributed by atoms with Crippen LogP contribution >= 0.6 is 0 Å². The smallest absolute Gasteiger partial charge is 0.410 e. The molecule has 202 valence electrons. The molecule has 2 bridgehead atoms. The predicted molar refractivity (Wildman–Crippen MR) is 148 cm³/mol. The number of amides is 1. The zero-order valence-corrected chi connectivity index (χ0v) is 22.9. The first-order chi connectivity index (χ1) is 17.7. The number of benzene rings is 1. The summed E-state index contributed by atoms with van der Waals surface area (Å²) in [6.45, 7) is 2.59. The molecule has 2 atom stereocenters. The van der Waals surface area contributed by atoms with Crippen LogP contribution in [0.3, 0.4) is 0 Å². The average molecular weight is 498 g/mol. The number of nitrogens with zero attached hydrogens (tertiary/aromatic N) is 1. The number of fused-ring (bicyclic) bond motifs is 2. The Morgan fingerprint density at radius 1 is 0.778 bits per heavy atom. The maximum atomic E-state index is 13.0. The minimum Gasteiger partial charge on any atom is -0.445 e. The van der Waals surface area contributed by atoms with Crippen LogP contribution in [0.1, 0.15) is 134 Å². The number of rotatable bonds is 17. The van der Waals surface area contributed by atoms with Crippen molar-refractivity contribution in [3.63, 3.8) is 0 Å². The molecule has 4 nitrogen and oxygen atoms in total. The fourth-order valence-corrected chi connectivity index (χ4v) is 6.26. The maximum Gasteiger partial charge on any atom is 0.410 e. The lowest BCUT2D eigenvalue weighted by molar-refractivity contribution is -0.126. The SMILES string of the molecule is CCCCCCCCCCCCCCCC(=O)C1CC2CCCC(C1)N2C(=O)OCc1ccccc1. The highest BCUT2D eigenvalue weighted by Gasteiger charge is 2.43. The van der Waals surface area contributed by atoms with E-state index in [-0.39, 0.29) is 24.1 Å². The summed E-state index contributed by atoms with van der Waals surface area (Å²) in [6, 6.07) is 10.2. The third-order valence-corrected chi connectivity index (χ3v) is 8.37. The average Bonchev–Trinajstić information content (AvgIpc) is 2.89. The Morgan fingerprint density at radius 2 is 1.31 bits per heavy atom. The van der Waals surface area contributed by atoms with E-state index in [1.807, 2.05) is 35.2 Å². The second-order valence-electron chi connectivity index (χ2n) is 11.3. The Bertz CT molecular complexity index is 735. The summed E-state index contributed by atoms with van der Waals surface area (Å²) < 4.78 is 5.65.